The SMILES string of the molecule is CC1(C#N)CC2CCC(C1)N2C(=O)OC(C)(C)C. The minimum Gasteiger partial charge on any atom is -0.444 e. The highest BCUT2D eigenvalue weighted by Gasteiger charge is 2.49. The second kappa shape index (κ2) is 4.15. The number of carbonyl (C=O) groups is 1. The molecule has 18 heavy (non-hydrogen) atoms. The normalized spacial score (nSPS) is 35.2. The largest absolute Gasteiger partial charge is 0.444 e. The molecule has 0 saturated carbocycles. The molecule has 0 aromatic heterocycles. The van der Waals surface area contributed by atoms with Crippen molar-refractivity contribution < 1.29 is 9.53 Å². The number of carbonyl (C=O) groups excluding carboxylic acids is 1. The van der Waals surface area contributed by atoms with Gasteiger partial charge in [0.1, 0.15) is 5.60 Å². The molecule has 0 radical (unpaired) electrons. The van der Waals surface area contributed by atoms with E-state index < -0.39 is 5.60 Å². The van der Waals surface area contributed by atoms with Crippen molar-refractivity contribution in [3.63, 3.8) is 0 Å². The van der Waals surface area contributed by atoms with Crippen molar-refractivity contribution in [1.82, 2.24) is 4.90 Å². The molecule has 0 spiro atoms. The first-order valence-corrected chi connectivity index (χ1v) is 6.67. The lowest BCUT2D eigenvalue weighted by Gasteiger charge is -2.41. The number of fused-ring (bicyclic) bond motifs is 2. The maximum absolute atomic E-state index is 12.2. The third-order valence-electron chi connectivity index (χ3n) is 3.87. The van der Waals surface area contributed by atoms with E-state index >= 15 is 0 Å². The fraction of sp³-hybridized carbons (Fsp3) is 0.857. The van der Waals surface area contributed by atoms with Gasteiger partial charge in [0.25, 0.3) is 0 Å². The fourth-order valence-corrected chi connectivity index (χ4v) is 3.19. The number of nitrogens with zero attached hydrogens (tertiary/aromatic N) is 2. The Labute approximate surface area is 109 Å². The van der Waals surface area contributed by atoms with Gasteiger partial charge in [-0.2, -0.15) is 5.26 Å². The molecule has 0 N–H and O–H groups in total. The predicted octanol–water partition coefficient (Wildman–Crippen LogP) is 3.08. The number of hydrogen-bond donors (Lipinski definition) is 0. The lowest BCUT2D eigenvalue weighted by Crippen LogP contribution is -2.50. The number of piperidine rings is 1. The number of rotatable bonds is 0. The first kappa shape index (κ1) is 13.2. The second-order valence-corrected chi connectivity index (χ2v) is 6.85. The summed E-state index contributed by atoms with van der Waals surface area (Å²) >= 11 is 0. The third-order valence-corrected chi connectivity index (χ3v) is 3.87. The van der Waals surface area contributed by atoms with E-state index in [0.717, 1.165) is 25.7 Å². The molecular formula is C14H22N2O2. The first-order valence-electron chi connectivity index (χ1n) is 6.67. The average molecular weight is 250 g/mol. The fourth-order valence-electron chi connectivity index (χ4n) is 3.19. The molecule has 4 heteroatoms. The van der Waals surface area contributed by atoms with Crippen LogP contribution in [0.4, 0.5) is 4.79 Å². The highest BCUT2D eigenvalue weighted by atomic mass is 16.6. The van der Waals surface area contributed by atoms with Gasteiger partial charge in [0.05, 0.1) is 11.5 Å². The molecule has 2 fully saturated rings. The van der Waals surface area contributed by atoms with Gasteiger partial charge in [-0.1, -0.05) is 0 Å². The molecule has 2 atom stereocenters. The van der Waals surface area contributed by atoms with Gasteiger partial charge in [-0.25, -0.2) is 4.79 Å². The topological polar surface area (TPSA) is 53.3 Å². The minimum absolute atomic E-state index is 0.184. The van der Waals surface area contributed by atoms with Crippen LogP contribution in [0.1, 0.15) is 53.4 Å². The number of ether oxygens (including phenoxy) is 1. The van der Waals surface area contributed by atoms with Gasteiger partial charge in [0.2, 0.25) is 0 Å². The Bertz CT molecular complexity index is 378. The lowest BCUT2D eigenvalue weighted by atomic mass is 9.78. The molecule has 0 aromatic carbocycles. The van der Waals surface area contributed by atoms with Crippen LogP contribution in [0.15, 0.2) is 0 Å². The van der Waals surface area contributed by atoms with Crippen molar-refractivity contribution in [3.8, 4) is 6.07 Å². The zero-order chi connectivity index (χ0) is 13.6. The van der Waals surface area contributed by atoms with E-state index in [9.17, 15) is 10.1 Å². The standard InChI is InChI=1S/C14H22N2O2/c1-13(2,3)18-12(17)16-10-5-6-11(16)8-14(4,7-10)9-15/h10-11H,5-8H2,1-4H3. The zero-order valence-electron chi connectivity index (χ0n) is 11.7. The minimum atomic E-state index is -0.452. The maximum Gasteiger partial charge on any atom is 0.410 e. The van der Waals surface area contributed by atoms with E-state index in [1.54, 1.807) is 0 Å². The molecule has 2 saturated heterocycles. The monoisotopic (exact) mass is 250 g/mol. The second-order valence-electron chi connectivity index (χ2n) is 6.85. The molecule has 4 nitrogen and oxygen atoms in total. The third kappa shape index (κ3) is 2.45. The van der Waals surface area contributed by atoms with Gasteiger partial charge in [-0.05, 0) is 53.4 Å². The summed E-state index contributed by atoms with van der Waals surface area (Å²) in [4.78, 5) is 14.1. The van der Waals surface area contributed by atoms with E-state index in [4.69, 9.17) is 4.74 Å². The molecule has 100 valence electrons. The van der Waals surface area contributed by atoms with Crippen molar-refractivity contribution in [1.29, 1.82) is 5.26 Å². The smallest absolute Gasteiger partial charge is 0.410 e. The quantitative estimate of drug-likeness (QED) is 0.664. The molecule has 2 aliphatic heterocycles. The number of nitriles is 1. The summed E-state index contributed by atoms with van der Waals surface area (Å²) in [6.45, 7) is 7.66. The first-order chi connectivity index (χ1) is 8.24. The van der Waals surface area contributed by atoms with Crippen molar-refractivity contribution in [2.45, 2.75) is 71.1 Å². The van der Waals surface area contributed by atoms with Crippen molar-refractivity contribution >= 4 is 6.09 Å². The summed E-state index contributed by atoms with van der Waals surface area (Å²) in [5.74, 6) is 0. The summed E-state index contributed by atoms with van der Waals surface area (Å²) in [6, 6.07) is 2.78. The number of hydrogen-bond acceptors (Lipinski definition) is 3. The Morgan fingerprint density at radius 3 is 2.22 bits per heavy atom. The Hall–Kier alpha value is -1.24. The Morgan fingerprint density at radius 1 is 1.33 bits per heavy atom. The van der Waals surface area contributed by atoms with Crippen LogP contribution in [-0.4, -0.2) is 28.7 Å². The average Bonchev–Trinajstić information content (AvgIpc) is 2.50. The summed E-state index contributed by atoms with van der Waals surface area (Å²) in [5.41, 5.74) is -0.725. The summed E-state index contributed by atoms with van der Waals surface area (Å²) in [7, 11) is 0. The molecule has 2 bridgehead atoms. The van der Waals surface area contributed by atoms with E-state index in [-0.39, 0.29) is 23.6 Å². The zero-order valence-corrected chi connectivity index (χ0v) is 11.7. The van der Waals surface area contributed by atoms with Gasteiger partial charge in [-0.15, -0.1) is 0 Å². The van der Waals surface area contributed by atoms with Crippen LogP contribution in [0.5, 0.6) is 0 Å². The summed E-state index contributed by atoms with van der Waals surface area (Å²) < 4.78 is 5.46. The molecule has 2 unspecified atom stereocenters. The molecule has 1 amide bonds. The highest BCUT2D eigenvalue weighted by molar-refractivity contribution is 5.69. The molecule has 2 heterocycles. The van der Waals surface area contributed by atoms with E-state index in [2.05, 4.69) is 6.07 Å². The molecular weight excluding hydrogens is 228 g/mol. The van der Waals surface area contributed by atoms with Crippen LogP contribution >= 0.6 is 0 Å². The van der Waals surface area contributed by atoms with Gasteiger partial charge < -0.3 is 9.64 Å². The van der Waals surface area contributed by atoms with Crippen LogP contribution in [0.25, 0.3) is 0 Å². The van der Waals surface area contributed by atoms with Gasteiger partial charge in [0.15, 0.2) is 0 Å². The van der Waals surface area contributed by atoms with E-state index in [1.165, 1.54) is 0 Å². The van der Waals surface area contributed by atoms with E-state index in [0.29, 0.717) is 0 Å². The van der Waals surface area contributed by atoms with Crippen LogP contribution in [-0.2, 0) is 4.74 Å². The van der Waals surface area contributed by atoms with Gasteiger partial charge in [-0.3, -0.25) is 0 Å². The highest BCUT2D eigenvalue weighted by Crippen LogP contribution is 2.45. The predicted molar refractivity (Wildman–Crippen MR) is 67.8 cm³/mol. The van der Waals surface area contributed by atoms with Crippen molar-refractivity contribution in [3.05, 3.63) is 0 Å². The van der Waals surface area contributed by atoms with Crippen LogP contribution in [0.3, 0.4) is 0 Å². The Balaban J connectivity index is 2.10. The van der Waals surface area contributed by atoms with Gasteiger partial charge >= 0.3 is 6.09 Å². The lowest BCUT2D eigenvalue weighted by molar-refractivity contribution is -0.00226. The molecule has 0 aromatic rings. The summed E-state index contributed by atoms with van der Waals surface area (Å²) in [6.07, 6.45) is 3.34. The Morgan fingerprint density at radius 2 is 1.83 bits per heavy atom. The van der Waals surface area contributed by atoms with Crippen molar-refractivity contribution in [2.24, 2.45) is 5.41 Å². The summed E-state index contributed by atoms with van der Waals surface area (Å²) in [5, 5.41) is 9.24. The van der Waals surface area contributed by atoms with Crippen LogP contribution in [0, 0.1) is 16.7 Å². The molecule has 0 aliphatic carbocycles. The number of amides is 1. The van der Waals surface area contributed by atoms with E-state index in [1.807, 2.05) is 32.6 Å². The van der Waals surface area contributed by atoms with Crippen LogP contribution in [0.2, 0.25) is 0 Å². The Kier molecular flexibility index (Phi) is 3.04. The maximum atomic E-state index is 12.2. The van der Waals surface area contributed by atoms with Crippen LogP contribution < -0.4 is 0 Å². The molecule has 2 rings (SSSR count). The van der Waals surface area contributed by atoms with Gasteiger partial charge in [0, 0.05) is 12.1 Å². The molecule has 2 aliphatic rings. The van der Waals surface area contributed by atoms with Crippen molar-refractivity contribution in [2.75, 3.05) is 0 Å².